The van der Waals surface area contributed by atoms with Crippen LogP contribution in [-0.4, -0.2) is 51.1 Å². The van der Waals surface area contributed by atoms with Crippen LogP contribution in [-0.2, 0) is 16.0 Å². The lowest BCUT2D eigenvalue weighted by molar-refractivity contribution is -0.133. The molecule has 0 unspecified atom stereocenters. The lowest BCUT2D eigenvalue weighted by Crippen LogP contribution is -2.48. The summed E-state index contributed by atoms with van der Waals surface area (Å²) in [5.74, 6) is 0.0201. The van der Waals surface area contributed by atoms with E-state index < -0.39 is 0 Å². The molecule has 7 nitrogen and oxygen atoms in total. The summed E-state index contributed by atoms with van der Waals surface area (Å²) in [7, 11) is 0. The van der Waals surface area contributed by atoms with Crippen LogP contribution >= 0.6 is 0 Å². The summed E-state index contributed by atoms with van der Waals surface area (Å²) >= 11 is 0. The first kappa shape index (κ1) is 15.8. The number of hydrogen-bond donors (Lipinski definition) is 0. The van der Waals surface area contributed by atoms with Crippen LogP contribution in [0, 0.1) is 0 Å². The second-order valence-electron chi connectivity index (χ2n) is 6.62. The molecule has 0 radical (unpaired) electrons. The second-order valence-corrected chi connectivity index (χ2v) is 6.62. The van der Waals surface area contributed by atoms with Crippen molar-refractivity contribution in [2.45, 2.75) is 31.7 Å². The molecule has 0 aliphatic carbocycles. The molecule has 0 spiro atoms. The van der Waals surface area contributed by atoms with Gasteiger partial charge in [0.15, 0.2) is 0 Å². The van der Waals surface area contributed by atoms with Crippen LogP contribution in [0.1, 0.15) is 30.9 Å². The average Bonchev–Trinajstić information content (AvgIpc) is 3.19. The molecule has 0 N–H and O–H groups in total. The monoisotopic (exact) mass is 339 g/mol. The summed E-state index contributed by atoms with van der Waals surface area (Å²) in [4.78, 5) is 32.7. The van der Waals surface area contributed by atoms with Crippen LogP contribution in [0.25, 0.3) is 0 Å². The Kier molecular flexibility index (Phi) is 4.21. The third-order valence-corrected chi connectivity index (χ3v) is 5.04. The molecule has 0 saturated carbocycles. The Morgan fingerprint density at radius 1 is 1.24 bits per heavy atom. The van der Waals surface area contributed by atoms with E-state index >= 15 is 0 Å². The highest BCUT2D eigenvalue weighted by Crippen LogP contribution is 2.28. The lowest BCUT2D eigenvalue weighted by Gasteiger charge is -2.35. The number of piperidine rings is 1. The number of anilines is 1. The van der Waals surface area contributed by atoms with Gasteiger partial charge in [-0.2, -0.15) is 5.10 Å². The van der Waals surface area contributed by atoms with Gasteiger partial charge in [-0.3, -0.25) is 9.59 Å². The zero-order valence-electron chi connectivity index (χ0n) is 14.0. The fourth-order valence-electron chi connectivity index (χ4n) is 3.71. The highest BCUT2D eigenvalue weighted by molar-refractivity contribution is 6.01. The van der Waals surface area contributed by atoms with Crippen molar-refractivity contribution in [3.05, 3.63) is 42.5 Å². The molecular formula is C18H21N5O2. The molecule has 2 aliphatic heterocycles. The first-order valence-corrected chi connectivity index (χ1v) is 8.72. The highest BCUT2D eigenvalue weighted by Gasteiger charge is 2.30. The van der Waals surface area contributed by atoms with Gasteiger partial charge >= 0.3 is 0 Å². The van der Waals surface area contributed by atoms with Crippen molar-refractivity contribution < 1.29 is 9.59 Å². The van der Waals surface area contributed by atoms with Gasteiger partial charge in [-0.25, -0.2) is 9.67 Å². The van der Waals surface area contributed by atoms with Crippen LogP contribution in [0.5, 0.6) is 0 Å². The van der Waals surface area contributed by atoms with Gasteiger partial charge in [-0.1, -0.05) is 18.2 Å². The Morgan fingerprint density at radius 3 is 2.96 bits per heavy atom. The Hall–Kier alpha value is -2.70. The Labute approximate surface area is 146 Å². The molecule has 7 heteroatoms. The molecular weight excluding hydrogens is 318 g/mol. The third-order valence-electron chi connectivity index (χ3n) is 5.04. The van der Waals surface area contributed by atoms with Crippen molar-refractivity contribution in [1.82, 2.24) is 19.7 Å². The topological polar surface area (TPSA) is 71.3 Å². The number of rotatable bonds is 3. The summed E-state index contributed by atoms with van der Waals surface area (Å²) in [5, 5.41) is 4.19. The number of fused-ring (bicyclic) bond motifs is 1. The summed E-state index contributed by atoms with van der Waals surface area (Å²) in [6, 6.07) is 8.00. The summed E-state index contributed by atoms with van der Waals surface area (Å²) in [5.41, 5.74) is 2.01. The molecule has 2 aromatic rings. The number of likely N-dealkylation sites (tertiary alicyclic amines) is 1. The number of carbonyl (C=O) groups excluding carboxylic acids is 2. The minimum absolute atomic E-state index is 0.00475. The van der Waals surface area contributed by atoms with Gasteiger partial charge in [0.05, 0.1) is 6.04 Å². The third kappa shape index (κ3) is 3.14. The highest BCUT2D eigenvalue weighted by atomic mass is 16.2. The molecule has 2 aliphatic rings. The second kappa shape index (κ2) is 6.66. The zero-order valence-corrected chi connectivity index (χ0v) is 14.0. The van der Waals surface area contributed by atoms with E-state index in [2.05, 4.69) is 10.1 Å². The van der Waals surface area contributed by atoms with E-state index in [0.29, 0.717) is 13.0 Å². The SMILES string of the molecule is O=C(CN1C(=O)CCc2ccccc21)N1CCC[C@H](n2cncn2)C1. The van der Waals surface area contributed by atoms with E-state index in [0.717, 1.165) is 37.1 Å². The standard InChI is InChI=1S/C18H21N5O2/c24-17-8-7-14-4-1-2-6-16(14)22(17)11-18(25)21-9-3-5-15(10-21)23-13-19-12-20-23/h1-2,4,6,12-13,15H,3,5,7-11H2/t15-/m0/s1. The molecule has 2 amide bonds. The molecule has 25 heavy (non-hydrogen) atoms. The average molecular weight is 339 g/mol. The van der Waals surface area contributed by atoms with Crippen molar-refractivity contribution in [3.8, 4) is 0 Å². The Bertz CT molecular complexity index is 774. The first-order chi connectivity index (χ1) is 12.2. The summed E-state index contributed by atoms with van der Waals surface area (Å²) in [6.45, 7) is 1.46. The summed E-state index contributed by atoms with van der Waals surface area (Å²) in [6.07, 6.45) is 6.34. The maximum Gasteiger partial charge on any atom is 0.242 e. The number of nitrogens with zero attached hydrogens (tertiary/aromatic N) is 5. The smallest absolute Gasteiger partial charge is 0.242 e. The van der Waals surface area contributed by atoms with E-state index in [9.17, 15) is 9.59 Å². The Morgan fingerprint density at radius 2 is 2.12 bits per heavy atom. The molecule has 1 atom stereocenters. The molecule has 1 aromatic heterocycles. The lowest BCUT2D eigenvalue weighted by atomic mass is 10.0. The quantitative estimate of drug-likeness (QED) is 0.848. The molecule has 1 aromatic carbocycles. The molecule has 3 heterocycles. The minimum Gasteiger partial charge on any atom is -0.339 e. The minimum atomic E-state index is -0.00475. The van der Waals surface area contributed by atoms with E-state index in [1.807, 2.05) is 33.8 Å². The van der Waals surface area contributed by atoms with E-state index in [4.69, 9.17) is 0 Å². The van der Waals surface area contributed by atoms with Crippen LogP contribution in [0.4, 0.5) is 5.69 Å². The van der Waals surface area contributed by atoms with Crippen LogP contribution in [0.2, 0.25) is 0 Å². The van der Waals surface area contributed by atoms with Crippen LogP contribution in [0.15, 0.2) is 36.9 Å². The first-order valence-electron chi connectivity index (χ1n) is 8.72. The molecule has 1 fully saturated rings. The number of carbonyl (C=O) groups is 2. The van der Waals surface area contributed by atoms with Crippen molar-refractivity contribution >= 4 is 17.5 Å². The Balaban J connectivity index is 1.47. The van der Waals surface area contributed by atoms with Gasteiger partial charge in [0.1, 0.15) is 19.2 Å². The van der Waals surface area contributed by atoms with Gasteiger partial charge in [0.2, 0.25) is 11.8 Å². The van der Waals surface area contributed by atoms with E-state index in [1.165, 1.54) is 6.33 Å². The number of benzene rings is 1. The van der Waals surface area contributed by atoms with Crippen molar-refractivity contribution in [3.63, 3.8) is 0 Å². The largest absolute Gasteiger partial charge is 0.339 e. The molecule has 0 bridgehead atoms. The number of hydrogen-bond acceptors (Lipinski definition) is 4. The van der Waals surface area contributed by atoms with Crippen molar-refractivity contribution in [2.75, 3.05) is 24.5 Å². The molecule has 130 valence electrons. The van der Waals surface area contributed by atoms with Gasteiger partial charge in [-0.15, -0.1) is 0 Å². The number of aryl methyl sites for hydroxylation is 1. The normalized spacial score (nSPS) is 20.5. The van der Waals surface area contributed by atoms with Crippen molar-refractivity contribution in [2.24, 2.45) is 0 Å². The summed E-state index contributed by atoms with van der Waals surface area (Å²) < 4.78 is 1.82. The fraction of sp³-hybridized carbons (Fsp3) is 0.444. The van der Waals surface area contributed by atoms with Gasteiger partial charge in [0.25, 0.3) is 0 Å². The number of amides is 2. The van der Waals surface area contributed by atoms with E-state index in [1.54, 1.807) is 11.2 Å². The zero-order chi connectivity index (χ0) is 17.2. The fourth-order valence-corrected chi connectivity index (χ4v) is 3.71. The van der Waals surface area contributed by atoms with Gasteiger partial charge < -0.3 is 9.80 Å². The number of para-hydroxylation sites is 1. The van der Waals surface area contributed by atoms with Gasteiger partial charge in [-0.05, 0) is 30.9 Å². The van der Waals surface area contributed by atoms with Crippen LogP contribution < -0.4 is 4.90 Å². The number of aromatic nitrogens is 3. The van der Waals surface area contributed by atoms with Gasteiger partial charge in [0, 0.05) is 25.2 Å². The maximum absolute atomic E-state index is 12.8. The predicted octanol–water partition coefficient (Wildman–Crippen LogP) is 1.42. The predicted molar refractivity (Wildman–Crippen MR) is 92.0 cm³/mol. The van der Waals surface area contributed by atoms with E-state index in [-0.39, 0.29) is 24.4 Å². The maximum atomic E-state index is 12.8. The van der Waals surface area contributed by atoms with Crippen molar-refractivity contribution in [1.29, 1.82) is 0 Å². The molecule has 4 rings (SSSR count). The van der Waals surface area contributed by atoms with Crippen LogP contribution in [0.3, 0.4) is 0 Å². The molecule has 1 saturated heterocycles.